The lowest BCUT2D eigenvalue weighted by atomic mass is 10.2. The largest absolute Gasteiger partial charge is 0.398 e. The molecule has 6 heteroatoms. The fourth-order valence-corrected chi connectivity index (χ4v) is 1.79. The van der Waals surface area contributed by atoms with Gasteiger partial charge in [0.1, 0.15) is 0 Å². The van der Waals surface area contributed by atoms with E-state index < -0.39 is 0 Å². The van der Waals surface area contributed by atoms with Gasteiger partial charge < -0.3 is 11.1 Å². The maximum atomic E-state index is 11.9. The van der Waals surface area contributed by atoms with Crippen molar-refractivity contribution in [3.05, 3.63) is 59.7 Å². The molecule has 0 fully saturated rings. The number of anilines is 2. The minimum Gasteiger partial charge on any atom is -0.398 e. The highest BCUT2D eigenvalue weighted by molar-refractivity contribution is 5.99. The summed E-state index contributed by atoms with van der Waals surface area (Å²) in [5.41, 5.74) is 10.4. The predicted molar refractivity (Wildman–Crippen MR) is 86.7 cm³/mol. The third kappa shape index (κ3) is 4.17. The van der Waals surface area contributed by atoms with Crippen molar-refractivity contribution in [3.8, 4) is 0 Å². The summed E-state index contributed by atoms with van der Waals surface area (Å²) in [6, 6.07) is 13.8. The summed E-state index contributed by atoms with van der Waals surface area (Å²) in [5.74, 6) is -0.502. The first-order valence-corrected chi connectivity index (χ1v) is 6.62. The van der Waals surface area contributed by atoms with Gasteiger partial charge in [-0.25, -0.2) is 5.43 Å². The Morgan fingerprint density at radius 1 is 1.09 bits per heavy atom. The van der Waals surface area contributed by atoms with E-state index in [0.29, 0.717) is 16.9 Å². The van der Waals surface area contributed by atoms with E-state index in [2.05, 4.69) is 15.8 Å². The van der Waals surface area contributed by atoms with Crippen LogP contribution in [0.25, 0.3) is 0 Å². The Labute approximate surface area is 128 Å². The number of rotatable bonds is 4. The number of hydrogen-bond donors (Lipinski definition) is 3. The Hall–Kier alpha value is -3.15. The summed E-state index contributed by atoms with van der Waals surface area (Å²) >= 11 is 0. The molecule has 0 aliphatic rings. The normalized spacial score (nSPS) is 10.4. The van der Waals surface area contributed by atoms with Gasteiger partial charge in [-0.1, -0.05) is 24.3 Å². The van der Waals surface area contributed by atoms with E-state index in [4.69, 9.17) is 5.73 Å². The van der Waals surface area contributed by atoms with Gasteiger partial charge in [0.15, 0.2) is 0 Å². The molecule has 2 aromatic carbocycles. The number of nitrogens with zero attached hydrogens (tertiary/aromatic N) is 1. The topological polar surface area (TPSA) is 96.6 Å². The first-order valence-electron chi connectivity index (χ1n) is 6.62. The van der Waals surface area contributed by atoms with Crippen LogP contribution in [0.1, 0.15) is 22.8 Å². The molecule has 0 unspecified atom stereocenters. The van der Waals surface area contributed by atoms with Gasteiger partial charge in [-0.15, -0.1) is 0 Å². The lowest BCUT2D eigenvalue weighted by molar-refractivity contribution is -0.114. The van der Waals surface area contributed by atoms with Gasteiger partial charge in [-0.05, 0) is 29.8 Å². The van der Waals surface area contributed by atoms with Crippen molar-refractivity contribution in [2.24, 2.45) is 5.10 Å². The summed E-state index contributed by atoms with van der Waals surface area (Å²) in [6.07, 6.45) is 1.51. The summed E-state index contributed by atoms with van der Waals surface area (Å²) in [7, 11) is 0. The van der Waals surface area contributed by atoms with Crippen molar-refractivity contribution < 1.29 is 9.59 Å². The van der Waals surface area contributed by atoms with Gasteiger partial charge in [0.25, 0.3) is 5.91 Å². The van der Waals surface area contributed by atoms with Gasteiger partial charge >= 0.3 is 0 Å². The second-order valence-corrected chi connectivity index (χ2v) is 4.59. The van der Waals surface area contributed by atoms with Gasteiger partial charge in [-0.2, -0.15) is 5.10 Å². The van der Waals surface area contributed by atoms with E-state index in [-0.39, 0.29) is 11.8 Å². The third-order valence-electron chi connectivity index (χ3n) is 2.82. The number of hydrazone groups is 1. The molecule has 0 aliphatic carbocycles. The molecule has 0 spiro atoms. The van der Waals surface area contributed by atoms with Crippen LogP contribution in [0, 0.1) is 0 Å². The van der Waals surface area contributed by atoms with Crippen LogP contribution in [-0.2, 0) is 4.79 Å². The molecule has 0 saturated heterocycles. The van der Waals surface area contributed by atoms with Crippen molar-refractivity contribution in [2.75, 3.05) is 11.1 Å². The van der Waals surface area contributed by atoms with Gasteiger partial charge in [0, 0.05) is 18.3 Å². The van der Waals surface area contributed by atoms with Gasteiger partial charge in [0.05, 0.1) is 11.8 Å². The average molecular weight is 296 g/mol. The highest BCUT2D eigenvalue weighted by Crippen LogP contribution is 2.10. The zero-order valence-corrected chi connectivity index (χ0v) is 12.0. The maximum absolute atomic E-state index is 11.9. The van der Waals surface area contributed by atoms with Crippen molar-refractivity contribution in [1.82, 2.24) is 5.43 Å². The zero-order chi connectivity index (χ0) is 15.9. The third-order valence-corrected chi connectivity index (χ3v) is 2.82. The molecule has 0 radical (unpaired) electrons. The number of carbonyl (C=O) groups is 2. The van der Waals surface area contributed by atoms with Crippen LogP contribution in [0.5, 0.6) is 0 Å². The number of benzene rings is 2. The monoisotopic (exact) mass is 296 g/mol. The number of nitrogen functional groups attached to an aromatic ring is 1. The number of nitrogens with one attached hydrogen (secondary N) is 2. The van der Waals surface area contributed by atoms with Crippen molar-refractivity contribution in [1.29, 1.82) is 0 Å². The van der Waals surface area contributed by atoms with Crippen molar-refractivity contribution >= 4 is 29.4 Å². The molecule has 0 aromatic heterocycles. The van der Waals surface area contributed by atoms with E-state index in [1.807, 2.05) is 0 Å². The fourth-order valence-electron chi connectivity index (χ4n) is 1.79. The van der Waals surface area contributed by atoms with Gasteiger partial charge in [-0.3, -0.25) is 9.59 Å². The summed E-state index contributed by atoms with van der Waals surface area (Å²) in [5, 5.41) is 6.55. The highest BCUT2D eigenvalue weighted by atomic mass is 16.2. The summed E-state index contributed by atoms with van der Waals surface area (Å²) in [6.45, 7) is 1.44. The lowest BCUT2D eigenvalue weighted by Gasteiger charge is -2.03. The molecule has 6 nitrogen and oxygen atoms in total. The van der Waals surface area contributed by atoms with E-state index in [1.54, 1.807) is 48.5 Å². The van der Waals surface area contributed by atoms with Gasteiger partial charge in [0.2, 0.25) is 5.91 Å². The molecule has 22 heavy (non-hydrogen) atoms. The van der Waals surface area contributed by atoms with Crippen LogP contribution >= 0.6 is 0 Å². The Bertz CT molecular complexity index is 708. The molecule has 0 atom stereocenters. The molecule has 112 valence electrons. The molecule has 0 heterocycles. The molecule has 0 aliphatic heterocycles. The smallest absolute Gasteiger partial charge is 0.273 e. The first kappa shape index (κ1) is 15.2. The Kier molecular flexibility index (Phi) is 4.87. The van der Waals surface area contributed by atoms with Crippen molar-refractivity contribution in [3.63, 3.8) is 0 Å². The molecule has 4 N–H and O–H groups in total. The average Bonchev–Trinajstić information content (AvgIpc) is 2.49. The number of hydrogen-bond acceptors (Lipinski definition) is 4. The van der Waals surface area contributed by atoms with Crippen LogP contribution in [0.3, 0.4) is 0 Å². The zero-order valence-electron chi connectivity index (χ0n) is 12.0. The molecule has 0 bridgehead atoms. The molecule has 2 rings (SSSR count). The van der Waals surface area contributed by atoms with Crippen LogP contribution < -0.4 is 16.5 Å². The number of para-hydroxylation sites is 1. The maximum Gasteiger partial charge on any atom is 0.273 e. The van der Waals surface area contributed by atoms with Crippen LogP contribution in [0.15, 0.2) is 53.6 Å². The highest BCUT2D eigenvalue weighted by Gasteiger charge is 2.06. The molecule has 0 saturated carbocycles. The minimum absolute atomic E-state index is 0.130. The second-order valence-electron chi connectivity index (χ2n) is 4.59. The van der Waals surface area contributed by atoms with E-state index in [0.717, 1.165) is 5.56 Å². The Balaban J connectivity index is 1.96. The van der Waals surface area contributed by atoms with E-state index in [9.17, 15) is 9.59 Å². The summed E-state index contributed by atoms with van der Waals surface area (Å²) < 4.78 is 0. The molecule has 2 amide bonds. The molecular formula is C16H16N4O2. The molecular weight excluding hydrogens is 280 g/mol. The van der Waals surface area contributed by atoms with E-state index in [1.165, 1.54) is 13.1 Å². The number of carbonyl (C=O) groups excluding carboxylic acids is 2. The van der Waals surface area contributed by atoms with Crippen LogP contribution in [0.2, 0.25) is 0 Å². The Morgan fingerprint density at radius 3 is 2.41 bits per heavy atom. The number of amides is 2. The minimum atomic E-state index is -0.371. The summed E-state index contributed by atoms with van der Waals surface area (Å²) in [4.78, 5) is 22.8. The van der Waals surface area contributed by atoms with E-state index >= 15 is 0 Å². The number of nitrogens with two attached hydrogens (primary N) is 1. The van der Waals surface area contributed by atoms with Crippen LogP contribution in [0.4, 0.5) is 11.4 Å². The quantitative estimate of drug-likeness (QED) is 0.457. The molecule has 2 aromatic rings. The standard InChI is InChI=1S/C16H16N4O2/c1-11(21)19-13-8-6-12(7-9-13)10-18-20-16(22)14-4-2-3-5-15(14)17/h2-10H,17H2,1H3,(H,19,21)(H,20,22). The lowest BCUT2D eigenvalue weighted by Crippen LogP contribution is -2.19. The fraction of sp³-hybridized carbons (Fsp3) is 0.0625. The van der Waals surface area contributed by atoms with Crippen molar-refractivity contribution in [2.45, 2.75) is 6.92 Å². The second kappa shape index (κ2) is 7.03. The SMILES string of the molecule is CC(=O)Nc1ccc(C=NNC(=O)c2ccccc2N)cc1. The first-order chi connectivity index (χ1) is 10.6. The van der Waals surface area contributed by atoms with Crippen LogP contribution in [-0.4, -0.2) is 18.0 Å². The Morgan fingerprint density at radius 2 is 1.77 bits per heavy atom. The predicted octanol–water partition coefficient (Wildman–Crippen LogP) is 1.99.